The summed E-state index contributed by atoms with van der Waals surface area (Å²) in [6.07, 6.45) is 0.418. The lowest BCUT2D eigenvalue weighted by atomic mass is 9.98. The van der Waals surface area contributed by atoms with E-state index < -0.39 is 0 Å². The van der Waals surface area contributed by atoms with Crippen LogP contribution < -0.4 is 5.73 Å². The van der Waals surface area contributed by atoms with Gasteiger partial charge in [0.1, 0.15) is 0 Å². The molecule has 3 heteroatoms. The van der Waals surface area contributed by atoms with Gasteiger partial charge in [-0.25, -0.2) is 0 Å². The lowest BCUT2D eigenvalue weighted by Crippen LogP contribution is -2.07. The third kappa shape index (κ3) is 2.90. The minimum absolute atomic E-state index is 0.112. The van der Waals surface area contributed by atoms with Crippen LogP contribution in [0.2, 0.25) is 0 Å². The van der Waals surface area contributed by atoms with Gasteiger partial charge in [0.2, 0.25) is 0 Å². The Morgan fingerprint density at radius 1 is 1.17 bits per heavy atom. The largest absolute Gasteiger partial charge is 0.398 e. The van der Waals surface area contributed by atoms with Crippen LogP contribution in [0.3, 0.4) is 0 Å². The molecule has 18 heavy (non-hydrogen) atoms. The summed E-state index contributed by atoms with van der Waals surface area (Å²) in [4.78, 5) is 12.2. The maximum atomic E-state index is 12.2. The highest BCUT2D eigenvalue weighted by Crippen LogP contribution is 2.18. The molecule has 0 bridgehead atoms. The molecule has 0 unspecified atom stereocenters. The zero-order valence-corrected chi connectivity index (χ0v) is 12.3. The second-order valence-corrected chi connectivity index (χ2v) is 5.49. The Morgan fingerprint density at radius 3 is 2.50 bits per heavy atom. The summed E-state index contributed by atoms with van der Waals surface area (Å²) < 4.78 is 1.17. The monoisotopic (exact) mass is 351 g/mol. The molecule has 0 radical (unpaired) electrons. The molecular formula is C15H14INO. The van der Waals surface area contributed by atoms with Crippen molar-refractivity contribution in [2.24, 2.45) is 0 Å². The van der Waals surface area contributed by atoms with Crippen LogP contribution in [0.5, 0.6) is 0 Å². The number of nitrogen functional groups attached to an aromatic ring is 1. The van der Waals surface area contributed by atoms with Crippen molar-refractivity contribution < 1.29 is 4.79 Å². The summed E-state index contributed by atoms with van der Waals surface area (Å²) in [5.74, 6) is 0.112. The number of carbonyl (C=O) groups is 1. The molecule has 92 valence electrons. The Hall–Kier alpha value is -1.36. The third-order valence-corrected chi connectivity index (χ3v) is 3.67. The molecule has 2 N–H and O–H groups in total. The number of anilines is 1. The van der Waals surface area contributed by atoms with Crippen molar-refractivity contribution in [3.05, 3.63) is 62.7 Å². The highest BCUT2D eigenvalue weighted by Gasteiger charge is 2.11. The molecule has 2 aromatic rings. The van der Waals surface area contributed by atoms with E-state index in [0.717, 1.165) is 11.1 Å². The lowest BCUT2D eigenvalue weighted by molar-refractivity contribution is 0.0992. The van der Waals surface area contributed by atoms with Crippen LogP contribution >= 0.6 is 22.6 Å². The Labute approximate surface area is 120 Å². The molecule has 0 fully saturated rings. The molecule has 0 aliphatic rings. The number of ketones is 1. The standard InChI is InChI=1S/C15H14INO/c1-10-13(3-2-4-14(10)17)15(18)9-11-5-7-12(16)8-6-11/h2-8H,9,17H2,1H3. The van der Waals surface area contributed by atoms with E-state index >= 15 is 0 Å². The molecule has 0 amide bonds. The SMILES string of the molecule is Cc1c(N)cccc1C(=O)Cc1ccc(I)cc1. The highest BCUT2D eigenvalue weighted by molar-refractivity contribution is 14.1. The average Bonchev–Trinajstić information content (AvgIpc) is 2.35. The van der Waals surface area contributed by atoms with Gasteiger partial charge in [-0.2, -0.15) is 0 Å². The fourth-order valence-corrected chi connectivity index (χ4v) is 2.20. The van der Waals surface area contributed by atoms with Gasteiger partial charge in [-0.1, -0.05) is 24.3 Å². The van der Waals surface area contributed by atoms with Crippen LogP contribution in [0.4, 0.5) is 5.69 Å². The van der Waals surface area contributed by atoms with Crippen molar-refractivity contribution in [1.29, 1.82) is 0 Å². The summed E-state index contributed by atoms with van der Waals surface area (Å²) in [5, 5.41) is 0. The van der Waals surface area contributed by atoms with Gasteiger partial charge >= 0.3 is 0 Å². The molecule has 2 aromatic carbocycles. The van der Waals surface area contributed by atoms with E-state index in [0.29, 0.717) is 17.7 Å². The first-order chi connectivity index (χ1) is 8.58. The van der Waals surface area contributed by atoms with Crippen molar-refractivity contribution in [2.75, 3.05) is 5.73 Å². The average molecular weight is 351 g/mol. The third-order valence-electron chi connectivity index (χ3n) is 2.95. The van der Waals surface area contributed by atoms with Gasteiger partial charge in [-0.15, -0.1) is 0 Å². The van der Waals surface area contributed by atoms with Gasteiger partial charge in [0.25, 0.3) is 0 Å². The fraction of sp³-hybridized carbons (Fsp3) is 0.133. The Balaban J connectivity index is 2.22. The number of Topliss-reactive ketones (excluding diaryl/α,β-unsaturated/α-hetero) is 1. The molecule has 0 saturated carbocycles. The van der Waals surface area contributed by atoms with E-state index in [2.05, 4.69) is 22.6 Å². The summed E-state index contributed by atoms with van der Waals surface area (Å²) in [6, 6.07) is 13.5. The molecule has 0 heterocycles. The molecule has 2 rings (SSSR count). The minimum Gasteiger partial charge on any atom is -0.398 e. The first-order valence-corrected chi connectivity index (χ1v) is 6.78. The minimum atomic E-state index is 0.112. The molecule has 0 atom stereocenters. The molecule has 0 spiro atoms. The van der Waals surface area contributed by atoms with Gasteiger partial charge in [-0.3, -0.25) is 4.79 Å². The number of benzene rings is 2. The lowest BCUT2D eigenvalue weighted by Gasteiger charge is -2.07. The van der Waals surface area contributed by atoms with E-state index in [-0.39, 0.29) is 5.78 Å². The van der Waals surface area contributed by atoms with E-state index in [4.69, 9.17) is 5.73 Å². The van der Waals surface area contributed by atoms with E-state index in [1.54, 1.807) is 0 Å². The fourth-order valence-electron chi connectivity index (χ4n) is 1.84. The van der Waals surface area contributed by atoms with Crippen LogP contribution in [-0.4, -0.2) is 5.78 Å². The predicted molar refractivity (Wildman–Crippen MR) is 82.8 cm³/mol. The second kappa shape index (κ2) is 5.52. The van der Waals surface area contributed by atoms with Crippen LogP contribution in [-0.2, 0) is 6.42 Å². The second-order valence-electron chi connectivity index (χ2n) is 4.25. The number of hydrogen-bond donors (Lipinski definition) is 1. The summed E-state index contributed by atoms with van der Waals surface area (Å²) in [5.41, 5.74) is 9.10. The Morgan fingerprint density at radius 2 is 1.83 bits per heavy atom. The van der Waals surface area contributed by atoms with E-state index in [9.17, 15) is 4.79 Å². The summed E-state index contributed by atoms with van der Waals surface area (Å²) in [7, 11) is 0. The molecular weight excluding hydrogens is 337 g/mol. The normalized spacial score (nSPS) is 10.3. The maximum Gasteiger partial charge on any atom is 0.167 e. The van der Waals surface area contributed by atoms with Crippen LogP contribution in [0.1, 0.15) is 21.5 Å². The quantitative estimate of drug-likeness (QED) is 0.522. The van der Waals surface area contributed by atoms with E-state index in [1.807, 2.05) is 49.4 Å². The maximum absolute atomic E-state index is 12.2. The molecule has 0 saturated heterocycles. The number of nitrogens with two attached hydrogens (primary N) is 1. The van der Waals surface area contributed by atoms with Gasteiger partial charge < -0.3 is 5.73 Å². The summed E-state index contributed by atoms with van der Waals surface area (Å²) in [6.45, 7) is 1.89. The number of carbonyl (C=O) groups excluding carboxylic acids is 1. The van der Waals surface area contributed by atoms with Crippen LogP contribution in [0, 0.1) is 10.5 Å². The highest BCUT2D eigenvalue weighted by atomic mass is 127. The van der Waals surface area contributed by atoms with Crippen molar-refractivity contribution in [1.82, 2.24) is 0 Å². The van der Waals surface area contributed by atoms with E-state index in [1.165, 1.54) is 3.57 Å². The van der Waals surface area contributed by atoms with Gasteiger partial charge in [0.05, 0.1) is 0 Å². The summed E-state index contributed by atoms with van der Waals surface area (Å²) >= 11 is 2.25. The number of rotatable bonds is 3. The number of halogens is 1. The van der Waals surface area contributed by atoms with Crippen LogP contribution in [0.15, 0.2) is 42.5 Å². The van der Waals surface area contributed by atoms with Crippen molar-refractivity contribution in [3.8, 4) is 0 Å². The molecule has 0 aliphatic carbocycles. The van der Waals surface area contributed by atoms with Gasteiger partial charge in [0.15, 0.2) is 5.78 Å². The smallest absolute Gasteiger partial charge is 0.167 e. The molecule has 0 aromatic heterocycles. The first-order valence-electron chi connectivity index (χ1n) is 5.70. The van der Waals surface area contributed by atoms with Crippen molar-refractivity contribution in [3.63, 3.8) is 0 Å². The molecule has 0 aliphatic heterocycles. The van der Waals surface area contributed by atoms with Crippen molar-refractivity contribution >= 4 is 34.1 Å². The Bertz CT molecular complexity index is 576. The number of hydrogen-bond acceptors (Lipinski definition) is 2. The zero-order valence-electron chi connectivity index (χ0n) is 10.1. The first kappa shape index (κ1) is 13.1. The Kier molecular flexibility index (Phi) is 4.01. The van der Waals surface area contributed by atoms with Gasteiger partial charge in [-0.05, 0) is 58.8 Å². The topological polar surface area (TPSA) is 43.1 Å². The van der Waals surface area contributed by atoms with Gasteiger partial charge in [0, 0.05) is 21.2 Å². The molecule has 2 nitrogen and oxygen atoms in total. The predicted octanol–water partition coefficient (Wildman–Crippen LogP) is 3.61. The zero-order chi connectivity index (χ0) is 13.1. The van der Waals surface area contributed by atoms with Crippen LogP contribution in [0.25, 0.3) is 0 Å². The van der Waals surface area contributed by atoms with Crippen molar-refractivity contribution in [2.45, 2.75) is 13.3 Å².